The second-order valence-electron chi connectivity index (χ2n) is 5.50. The lowest BCUT2D eigenvalue weighted by Crippen LogP contribution is -2.46. The lowest BCUT2D eigenvalue weighted by Gasteiger charge is -2.37. The van der Waals surface area contributed by atoms with Gasteiger partial charge >= 0.3 is 0 Å². The highest BCUT2D eigenvalue weighted by atomic mass is 79.9. The molecule has 0 unspecified atom stereocenters. The number of halogens is 1. The van der Waals surface area contributed by atoms with Crippen LogP contribution in [0.4, 0.5) is 0 Å². The maximum Gasteiger partial charge on any atom is 0.136 e. The first-order valence-electron chi connectivity index (χ1n) is 5.43. The van der Waals surface area contributed by atoms with Gasteiger partial charge in [0.1, 0.15) is 5.60 Å². The Labute approximate surface area is 105 Å². The fourth-order valence-corrected chi connectivity index (χ4v) is 2.25. The monoisotopic (exact) mass is 284 g/mol. The molecule has 0 amide bonds. The van der Waals surface area contributed by atoms with Gasteiger partial charge in [-0.2, -0.15) is 0 Å². The molecule has 1 saturated heterocycles. The highest BCUT2D eigenvalue weighted by Crippen LogP contribution is 2.34. The fraction of sp³-hybridized carbons (Fsp3) is 0.538. The standard InChI is InChI=1S/C13H17BrO2/c1-12(2,3)9-4-10(6-11(14)5-9)13(15)7-16-8-13/h4-6,15H,7-8H2,1-3H3. The van der Waals surface area contributed by atoms with Gasteiger partial charge in [0.25, 0.3) is 0 Å². The predicted octanol–water partition coefficient (Wildman–Crippen LogP) is 2.96. The van der Waals surface area contributed by atoms with Crippen molar-refractivity contribution in [1.29, 1.82) is 0 Å². The summed E-state index contributed by atoms with van der Waals surface area (Å²) in [4.78, 5) is 0. The summed E-state index contributed by atoms with van der Waals surface area (Å²) >= 11 is 3.50. The van der Waals surface area contributed by atoms with E-state index in [1.54, 1.807) is 0 Å². The zero-order valence-electron chi connectivity index (χ0n) is 9.88. The molecule has 0 bridgehead atoms. The third kappa shape index (κ3) is 2.17. The molecule has 1 N–H and O–H groups in total. The average Bonchev–Trinajstić information content (AvgIpc) is 2.11. The molecule has 1 aliphatic rings. The number of benzene rings is 1. The van der Waals surface area contributed by atoms with E-state index in [4.69, 9.17) is 4.74 Å². The lowest BCUT2D eigenvalue weighted by molar-refractivity contribution is -0.184. The molecular formula is C13H17BrO2. The van der Waals surface area contributed by atoms with E-state index in [1.165, 1.54) is 5.56 Å². The van der Waals surface area contributed by atoms with E-state index >= 15 is 0 Å². The van der Waals surface area contributed by atoms with Gasteiger partial charge in [-0.1, -0.05) is 42.8 Å². The summed E-state index contributed by atoms with van der Waals surface area (Å²) < 4.78 is 6.10. The number of rotatable bonds is 1. The van der Waals surface area contributed by atoms with Crippen LogP contribution in [-0.2, 0) is 15.8 Å². The minimum absolute atomic E-state index is 0.0828. The van der Waals surface area contributed by atoms with Crippen molar-refractivity contribution in [3.8, 4) is 0 Å². The minimum Gasteiger partial charge on any atom is -0.380 e. The molecule has 1 heterocycles. The lowest BCUT2D eigenvalue weighted by atomic mass is 9.83. The third-order valence-electron chi connectivity index (χ3n) is 2.98. The SMILES string of the molecule is CC(C)(C)c1cc(Br)cc(C2(O)COC2)c1. The summed E-state index contributed by atoms with van der Waals surface area (Å²) in [6.45, 7) is 7.29. The summed E-state index contributed by atoms with van der Waals surface area (Å²) in [5.74, 6) is 0. The Morgan fingerprint density at radius 2 is 1.88 bits per heavy atom. The molecule has 0 aromatic heterocycles. The average molecular weight is 285 g/mol. The minimum atomic E-state index is -0.788. The Morgan fingerprint density at radius 1 is 1.25 bits per heavy atom. The molecule has 1 aromatic rings. The van der Waals surface area contributed by atoms with Crippen LogP contribution in [-0.4, -0.2) is 18.3 Å². The van der Waals surface area contributed by atoms with Crippen molar-refractivity contribution in [3.05, 3.63) is 33.8 Å². The second kappa shape index (κ2) is 3.83. The van der Waals surface area contributed by atoms with Crippen LogP contribution in [0, 0.1) is 0 Å². The van der Waals surface area contributed by atoms with Gasteiger partial charge in [-0.25, -0.2) is 0 Å². The van der Waals surface area contributed by atoms with Crippen molar-refractivity contribution >= 4 is 15.9 Å². The Hall–Kier alpha value is -0.380. The summed E-state index contributed by atoms with van der Waals surface area (Å²) in [7, 11) is 0. The van der Waals surface area contributed by atoms with E-state index in [9.17, 15) is 5.11 Å². The van der Waals surface area contributed by atoms with Crippen LogP contribution in [0.15, 0.2) is 22.7 Å². The van der Waals surface area contributed by atoms with Crippen molar-refractivity contribution in [2.45, 2.75) is 31.8 Å². The zero-order valence-corrected chi connectivity index (χ0v) is 11.5. The molecule has 3 heteroatoms. The summed E-state index contributed by atoms with van der Waals surface area (Å²) in [5, 5.41) is 10.3. The van der Waals surface area contributed by atoms with Crippen LogP contribution >= 0.6 is 15.9 Å². The Morgan fingerprint density at radius 3 is 2.31 bits per heavy atom. The van der Waals surface area contributed by atoms with Gasteiger partial charge in [-0.3, -0.25) is 0 Å². The number of aliphatic hydroxyl groups is 1. The van der Waals surface area contributed by atoms with Crippen LogP contribution in [0.2, 0.25) is 0 Å². The molecular weight excluding hydrogens is 268 g/mol. The molecule has 88 valence electrons. The highest BCUT2D eigenvalue weighted by Gasteiger charge is 2.38. The van der Waals surface area contributed by atoms with E-state index in [2.05, 4.69) is 48.8 Å². The van der Waals surface area contributed by atoms with Crippen molar-refractivity contribution in [2.75, 3.05) is 13.2 Å². The molecule has 0 saturated carbocycles. The molecule has 1 fully saturated rings. The normalized spacial score (nSPS) is 19.3. The van der Waals surface area contributed by atoms with Gasteiger partial charge in [-0.05, 0) is 28.7 Å². The molecule has 0 spiro atoms. The van der Waals surface area contributed by atoms with Crippen LogP contribution < -0.4 is 0 Å². The van der Waals surface area contributed by atoms with Crippen LogP contribution in [0.3, 0.4) is 0 Å². The van der Waals surface area contributed by atoms with Gasteiger partial charge in [0.05, 0.1) is 13.2 Å². The van der Waals surface area contributed by atoms with Crippen LogP contribution in [0.5, 0.6) is 0 Å². The van der Waals surface area contributed by atoms with Crippen molar-refractivity contribution in [1.82, 2.24) is 0 Å². The Kier molecular flexibility index (Phi) is 2.89. The van der Waals surface area contributed by atoms with Gasteiger partial charge in [0, 0.05) is 4.47 Å². The van der Waals surface area contributed by atoms with Gasteiger partial charge < -0.3 is 9.84 Å². The van der Waals surface area contributed by atoms with E-state index in [-0.39, 0.29) is 5.41 Å². The van der Waals surface area contributed by atoms with Crippen molar-refractivity contribution in [2.24, 2.45) is 0 Å². The van der Waals surface area contributed by atoms with E-state index in [0.29, 0.717) is 13.2 Å². The van der Waals surface area contributed by atoms with Gasteiger partial charge in [0.15, 0.2) is 0 Å². The first kappa shape index (κ1) is 12.1. The summed E-state index contributed by atoms with van der Waals surface area (Å²) in [5.41, 5.74) is 1.46. The van der Waals surface area contributed by atoms with Crippen LogP contribution in [0.25, 0.3) is 0 Å². The number of hydrogen-bond acceptors (Lipinski definition) is 2. The highest BCUT2D eigenvalue weighted by molar-refractivity contribution is 9.10. The first-order valence-corrected chi connectivity index (χ1v) is 6.22. The third-order valence-corrected chi connectivity index (χ3v) is 3.44. The quantitative estimate of drug-likeness (QED) is 0.859. The van der Waals surface area contributed by atoms with Gasteiger partial charge in [0.2, 0.25) is 0 Å². The largest absolute Gasteiger partial charge is 0.380 e. The number of hydrogen-bond donors (Lipinski definition) is 1. The fourth-order valence-electron chi connectivity index (χ4n) is 1.75. The maximum atomic E-state index is 10.3. The van der Waals surface area contributed by atoms with Crippen LogP contribution in [0.1, 0.15) is 31.9 Å². The summed E-state index contributed by atoms with van der Waals surface area (Å²) in [6.07, 6.45) is 0. The van der Waals surface area contributed by atoms with Crippen molar-refractivity contribution < 1.29 is 9.84 Å². The van der Waals surface area contributed by atoms with Gasteiger partial charge in [-0.15, -0.1) is 0 Å². The van der Waals surface area contributed by atoms with E-state index in [1.807, 2.05) is 6.07 Å². The topological polar surface area (TPSA) is 29.5 Å². The maximum absolute atomic E-state index is 10.3. The summed E-state index contributed by atoms with van der Waals surface area (Å²) in [6, 6.07) is 6.15. The molecule has 2 rings (SSSR count). The smallest absolute Gasteiger partial charge is 0.136 e. The van der Waals surface area contributed by atoms with E-state index in [0.717, 1.165) is 10.0 Å². The molecule has 0 aliphatic carbocycles. The molecule has 1 aromatic carbocycles. The molecule has 2 nitrogen and oxygen atoms in total. The Bertz CT molecular complexity index is 403. The second-order valence-corrected chi connectivity index (χ2v) is 6.42. The number of ether oxygens (including phenoxy) is 1. The predicted molar refractivity (Wildman–Crippen MR) is 67.6 cm³/mol. The van der Waals surface area contributed by atoms with Crippen molar-refractivity contribution in [3.63, 3.8) is 0 Å². The van der Waals surface area contributed by atoms with E-state index < -0.39 is 5.60 Å². The zero-order chi connectivity index (χ0) is 12.0. The molecule has 0 atom stereocenters. The molecule has 0 radical (unpaired) electrons. The molecule has 1 aliphatic heterocycles. The first-order chi connectivity index (χ1) is 7.31. The molecule has 16 heavy (non-hydrogen) atoms. The Balaban J connectivity index is 2.44.